The van der Waals surface area contributed by atoms with E-state index in [1.165, 1.54) is 16.7 Å². The van der Waals surface area contributed by atoms with Crippen molar-refractivity contribution in [3.63, 3.8) is 0 Å². The number of nitrogens with zero attached hydrogens (tertiary/aromatic N) is 2. The van der Waals surface area contributed by atoms with Crippen LogP contribution in [0.5, 0.6) is 0 Å². The fraction of sp³-hybridized carbons (Fsp3) is 0.167. The van der Waals surface area contributed by atoms with E-state index in [9.17, 15) is 19.3 Å². The maximum atomic E-state index is 13.6. The molecule has 2 rings (SSSR count). The second-order valence-electron chi connectivity index (χ2n) is 4.24. The summed E-state index contributed by atoms with van der Waals surface area (Å²) >= 11 is 1.21. The average Bonchev–Trinajstić information content (AvgIpc) is 2.90. The first-order valence-electron chi connectivity index (χ1n) is 5.84. The average molecular weight is 310 g/mol. The summed E-state index contributed by atoms with van der Waals surface area (Å²) in [7, 11) is 0. The molecule has 21 heavy (non-hydrogen) atoms. The summed E-state index contributed by atoms with van der Waals surface area (Å²) in [6, 6.07) is 2.57. The summed E-state index contributed by atoms with van der Waals surface area (Å²) < 4.78 is 13.6. The molecule has 2 aromatic rings. The number of amides is 1. The lowest BCUT2D eigenvalue weighted by atomic mass is 10.2. The Morgan fingerprint density at radius 3 is 2.86 bits per heavy atom. The van der Waals surface area contributed by atoms with Crippen LogP contribution in [0.1, 0.15) is 28.5 Å². The van der Waals surface area contributed by atoms with E-state index in [-0.39, 0.29) is 23.1 Å². The molecule has 7 nitrogen and oxygen atoms in total. The van der Waals surface area contributed by atoms with Crippen LogP contribution >= 0.6 is 11.3 Å². The predicted molar refractivity (Wildman–Crippen MR) is 75.7 cm³/mol. The van der Waals surface area contributed by atoms with Gasteiger partial charge in [-0.25, -0.2) is 9.37 Å². The third kappa shape index (κ3) is 3.38. The largest absolute Gasteiger partial charge is 0.322 e. The molecule has 1 aromatic carbocycles. The summed E-state index contributed by atoms with van der Waals surface area (Å²) in [6.07, 6.45) is 0. The van der Waals surface area contributed by atoms with Gasteiger partial charge in [0, 0.05) is 17.5 Å². The van der Waals surface area contributed by atoms with Gasteiger partial charge in [0.05, 0.1) is 16.7 Å². The number of nitro benzene ring substituents is 1. The molecule has 1 unspecified atom stereocenters. The van der Waals surface area contributed by atoms with Crippen LogP contribution in [0.2, 0.25) is 0 Å². The van der Waals surface area contributed by atoms with Crippen LogP contribution in [0.15, 0.2) is 23.6 Å². The van der Waals surface area contributed by atoms with Crippen molar-refractivity contribution in [2.45, 2.75) is 13.0 Å². The molecule has 1 atom stereocenters. The zero-order valence-electron chi connectivity index (χ0n) is 10.9. The van der Waals surface area contributed by atoms with Crippen LogP contribution in [0.25, 0.3) is 0 Å². The predicted octanol–water partition coefficient (Wildman–Crippen LogP) is 2.46. The van der Waals surface area contributed by atoms with E-state index in [4.69, 9.17) is 5.73 Å². The quantitative estimate of drug-likeness (QED) is 0.665. The van der Waals surface area contributed by atoms with E-state index in [0.29, 0.717) is 5.01 Å². The maximum absolute atomic E-state index is 13.6. The van der Waals surface area contributed by atoms with E-state index < -0.39 is 16.6 Å². The Kier molecular flexibility index (Phi) is 4.24. The van der Waals surface area contributed by atoms with Gasteiger partial charge < -0.3 is 11.1 Å². The van der Waals surface area contributed by atoms with Gasteiger partial charge in [0.2, 0.25) is 0 Å². The molecule has 1 heterocycles. The third-order valence-corrected chi connectivity index (χ3v) is 3.60. The summed E-state index contributed by atoms with van der Waals surface area (Å²) in [6.45, 7) is 1.72. The molecule has 0 radical (unpaired) electrons. The molecule has 3 N–H and O–H groups in total. The minimum Gasteiger partial charge on any atom is -0.322 e. The lowest BCUT2D eigenvalue weighted by molar-refractivity contribution is -0.384. The van der Waals surface area contributed by atoms with Crippen LogP contribution in [0, 0.1) is 15.9 Å². The van der Waals surface area contributed by atoms with Gasteiger partial charge in [0.25, 0.3) is 11.6 Å². The van der Waals surface area contributed by atoms with Gasteiger partial charge in [0.15, 0.2) is 0 Å². The molecule has 9 heteroatoms. The zero-order chi connectivity index (χ0) is 15.6. The number of hydrogen-bond donors (Lipinski definition) is 2. The van der Waals surface area contributed by atoms with Crippen LogP contribution in [-0.4, -0.2) is 15.8 Å². The number of rotatable bonds is 4. The van der Waals surface area contributed by atoms with Crippen molar-refractivity contribution in [2.75, 3.05) is 5.32 Å². The number of non-ortho nitro benzene ring substituents is 1. The lowest BCUT2D eigenvalue weighted by Crippen LogP contribution is -2.14. The second-order valence-corrected chi connectivity index (χ2v) is 5.12. The van der Waals surface area contributed by atoms with Gasteiger partial charge >= 0.3 is 0 Å². The highest BCUT2D eigenvalue weighted by atomic mass is 32.1. The van der Waals surface area contributed by atoms with Gasteiger partial charge in [-0.05, 0) is 13.0 Å². The first kappa shape index (κ1) is 15.0. The van der Waals surface area contributed by atoms with E-state index in [1.54, 1.807) is 6.92 Å². The van der Waals surface area contributed by atoms with E-state index in [2.05, 4.69) is 10.3 Å². The van der Waals surface area contributed by atoms with Gasteiger partial charge in [-0.15, -0.1) is 11.3 Å². The smallest absolute Gasteiger partial charge is 0.275 e. The molecule has 0 spiro atoms. The number of nitrogens with two attached hydrogens (primary N) is 1. The van der Waals surface area contributed by atoms with Crippen molar-refractivity contribution in [3.05, 3.63) is 50.2 Å². The number of carbonyl (C=O) groups is 1. The van der Waals surface area contributed by atoms with Crippen LogP contribution in [0.4, 0.5) is 15.8 Å². The zero-order valence-corrected chi connectivity index (χ0v) is 11.7. The third-order valence-electron chi connectivity index (χ3n) is 2.55. The molecule has 1 aromatic heterocycles. The Morgan fingerprint density at radius 2 is 2.29 bits per heavy atom. The van der Waals surface area contributed by atoms with Crippen molar-refractivity contribution in [1.82, 2.24) is 4.98 Å². The molecule has 0 aliphatic rings. The van der Waals surface area contributed by atoms with Gasteiger partial charge in [0.1, 0.15) is 16.5 Å². The summed E-state index contributed by atoms with van der Waals surface area (Å²) in [4.78, 5) is 25.9. The van der Waals surface area contributed by atoms with Gasteiger partial charge in [-0.3, -0.25) is 14.9 Å². The number of hydrogen-bond acceptors (Lipinski definition) is 6. The molecular weight excluding hydrogens is 299 g/mol. The topological polar surface area (TPSA) is 111 Å². The number of carbonyl (C=O) groups excluding carboxylic acids is 1. The SMILES string of the molecule is CC(N)c1nc(C(=O)Nc2cc([N+](=O)[O-])ccc2F)cs1. The van der Waals surface area contributed by atoms with Crippen molar-refractivity contribution in [2.24, 2.45) is 5.73 Å². The van der Waals surface area contributed by atoms with Crippen LogP contribution in [-0.2, 0) is 0 Å². The molecule has 0 saturated carbocycles. The Morgan fingerprint density at radius 1 is 1.57 bits per heavy atom. The van der Waals surface area contributed by atoms with Gasteiger partial charge in [-0.1, -0.05) is 0 Å². The number of thiazole rings is 1. The van der Waals surface area contributed by atoms with E-state index in [1.807, 2.05) is 0 Å². The second kappa shape index (κ2) is 5.94. The lowest BCUT2D eigenvalue weighted by Gasteiger charge is -2.04. The number of nitro groups is 1. The van der Waals surface area contributed by atoms with Crippen molar-refractivity contribution < 1.29 is 14.1 Å². The molecule has 0 aliphatic carbocycles. The monoisotopic (exact) mass is 310 g/mol. The molecule has 0 saturated heterocycles. The number of benzene rings is 1. The minimum atomic E-state index is -0.767. The first-order valence-corrected chi connectivity index (χ1v) is 6.72. The molecular formula is C12H11FN4O3S. The number of halogens is 1. The summed E-state index contributed by atoms with van der Waals surface area (Å²) in [5.74, 6) is -1.42. The Labute approximate surface area is 122 Å². The molecule has 0 fully saturated rings. The Hall–Kier alpha value is -2.39. The molecule has 0 bridgehead atoms. The van der Waals surface area contributed by atoms with Gasteiger partial charge in [-0.2, -0.15) is 0 Å². The number of aromatic nitrogens is 1. The minimum absolute atomic E-state index is 0.0817. The van der Waals surface area contributed by atoms with Crippen LogP contribution in [0.3, 0.4) is 0 Å². The number of nitrogens with one attached hydrogen (secondary N) is 1. The normalized spacial score (nSPS) is 12.0. The van der Waals surface area contributed by atoms with Crippen molar-refractivity contribution >= 4 is 28.6 Å². The molecule has 1 amide bonds. The van der Waals surface area contributed by atoms with E-state index >= 15 is 0 Å². The van der Waals surface area contributed by atoms with Crippen molar-refractivity contribution in [1.29, 1.82) is 0 Å². The maximum Gasteiger partial charge on any atom is 0.275 e. The first-order chi connectivity index (χ1) is 9.88. The summed E-state index contributed by atoms with van der Waals surface area (Å²) in [5, 5.41) is 15.0. The molecule has 0 aliphatic heterocycles. The Balaban J connectivity index is 2.22. The molecule has 110 valence electrons. The highest BCUT2D eigenvalue weighted by molar-refractivity contribution is 7.09. The fourth-order valence-electron chi connectivity index (χ4n) is 1.51. The van der Waals surface area contributed by atoms with E-state index in [0.717, 1.165) is 18.2 Å². The fourth-order valence-corrected chi connectivity index (χ4v) is 2.27. The highest BCUT2D eigenvalue weighted by Crippen LogP contribution is 2.22. The number of anilines is 1. The van der Waals surface area contributed by atoms with Crippen LogP contribution < -0.4 is 11.1 Å². The highest BCUT2D eigenvalue weighted by Gasteiger charge is 2.16. The van der Waals surface area contributed by atoms with Crippen molar-refractivity contribution in [3.8, 4) is 0 Å². The standard InChI is InChI=1S/C12H11FN4O3S/c1-6(14)12-16-10(5-21-12)11(18)15-9-4-7(17(19)20)2-3-8(9)13/h2-6H,14H2,1H3,(H,15,18). The Bertz CT molecular complexity index is 702. The summed E-state index contributed by atoms with van der Waals surface area (Å²) in [5.41, 5.74) is 5.13.